The van der Waals surface area contributed by atoms with E-state index in [4.69, 9.17) is 4.74 Å². The molecule has 0 aromatic heterocycles. The predicted molar refractivity (Wildman–Crippen MR) is 48.8 cm³/mol. The molecule has 1 unspecified atom stereocenters. The number of likely N-dealkylation sites (tertiary alicyclic amines) is 1. The molecule has 1 heterocycles. The molecule has 1 amide bonds. The van der Waals surface area contributed by atoms with Gasteiger partial charge in [-0.05, 0) is 0 Å². The Morgan fingerprint density at radius 2 is 2.20 bits per heavy atom. The van der Waals surface area contributed by atoms with Crippen molar-refractivity contribution in [3.63, 3.8) is 0 Å². The Hall–Kier alpha value is -1.59. The van der Waals surface area contributed by atoms with Gasteiger partial charge in [0.2, 0.25) is 5.91 Å². The molecule has 0 radical (unpaired) electrons. The Morgan fingerprint density at radius 1 is 1.53 bits per heavy atom. The van der Waals surface area contributed by atoms with Gasteiger partial charge in [0, 0.05) is 6.92 Å². The standard InChI is InChI=1S/C9H13NO5/c1-6(11)15-7-3-8(12)10(4-7)5-9(13)14-2/h7H,3-5H2,1-2H3. The van der Waals surface area contributed by atoms with E-state index in [0.29, 0.717) is 0 Å². The molecule has 1 rings (SSSR count). The lowest BCUT2D eigenvalue weighted by Crippen LogP contribution is -2.32. The Bertz CT molecular complexity index is 288. The maximum Gasteiger partial charge on any atom is 0.325 e. The van der Waals surface area contributed by atoms with Crippen LogP contribution in [0.15, 0.2) is 0 Å². The van der Waals surface area contributed by atoms with Crippen molar-refractivity contribution in [1.29, 1.82) is 0 Å². The molecule has 1 atom stereocenters. The van der Waals surface area contributed by atoms with Crippen LogP contribution < -0.4 is 0 Å². The largest absolute Gasteiger partial charge is 0.468 e. The van der Waals surface area contributed by atoms with Crippen LogP contribution in [0.3, 0.4) is 0 Å². The zero-order valence-corrected chi connectivity index (χ0v) is 8.69. The van der Waals surface area contributed by atoms with E-state index in [1.807, 2.05) is 0 Å². The van der Waals surface area contributed by atoms with E-state index in [2.05, 4.69) is 4.74 Å². The first-order valence-electron chi connectivity index (χ1n) is 4.54. The number of amides is 1. The number of carbonyl (C=O) groups excluding carboxylic acids is 3. The Kier molecular flexibility index (Phi) is 3.65. The molecule has 0 N–H and O–H groups in total. The predicted octanol–water partition coefficient (Wildman–Crippen LogP) is -0.677. The minimum atomic E-state index is -0.480. The third kappa shape index (κ3) is 3.23. The fourth-order valence-corrected chi connectivity index (χ4v) is 1.42. The van der Waals surface area contributed by atoms with E-state index in [1.54, 1.807) is 0 Å². The highest BCUT2D eigenvalue weighted by molar-refractivity contribution is 5.84. The van der Waals surface area contributed by atoms with Crippen LogP contribution in [-0.2, 0) is 23.9 Å². The van der Waals surface area contributed by atoms with Gasteiger partial charge in [0.25, 0.3) is 0 Å². The summed E-state index contributed by atoms with van der Waals surface area (Å²) in [4.78, 5) is 34.2. The summed E-state index contributed by atoms with van der Waals surface area (Å²) in [6.45, 7) is 1.45. The number of hydrogen-bond donors (Lipinski definition) is 0. The Labute approximate surface area is 87.1 Å². The molecular weight excluding hydrogens is 202 g/mol. The van der Waals surface area contributed by atoms with E-state index >= 15 is 0 Å². The number of ether oxygens (including phenoxy) is 2. The van der Waals surface area contributed by atoms with Gasteiger partial charge in [-0.2, -0.15) is 0 Å². The van der Waals surface area contributed by atoms with Gasteiger partial charge in [0.15, 0.2) is 0 Å². The van der Waals surface area contributed by atoms with Gasteiger partial charge in [-0.3, -0.25) is 14.4 Å². The van der Waals surface area contributed by atoms with Crippen molar-refractivity contribution in [3.8, 4) is 0 Å². The van der Waals surface area contributed by atoms with Crippen molar-refractivity contribution in [1.82, 2.24) is 4.90 Å². The molecular formula is C9H13NO5. The molecule has 0 aromatic rings. The van der Waals surface area contributed by atoms with E-state index in [0.717, 1.165) is 0 Å². The molecule has 0 aromatic carbocycles. The monoisotopic (exact) mass is 215 g/mol. The van der Waals surface area contributed by atoms with E-state index in [9.17, 15) is 14.4 Å². The third-order valence-corrected chi connectivity index (χ3v) is 2.06. The topological polar surface area (TPSA) is 72.9 Å². The van der Waals surface area contributed by atoms with Gasteiger partial charge >= 0.3 is 11.9 Å². The molecule has 1 aliphatic heterocycles. The fraction of sp³-hybridized carbons (Fsp3) is 0.667. The highest BCUT2D eigenvalue weighted by Gasteiger charge is 2.32. The summed E-state index contributed by atoms with van der Waals surface area (Å²) < 4.78 is 9.31. The first-order chi connectivity index (χ1) is 7.02. The fourth-order valence-electron chi connectivity index (χ4n) is 1.42. The molecule has 0 bridgehead atoms. The van der Waals surface area contributed by atoms with E-state index in [1.165, 1.54) is 18.9 Å². The molecule has 0 spiro atoms. The van der Waals surface area contributed by atoms with Gasteiger partial charge in [-0.25, -0.2) is 0 Å². The van der Waals surface area contributed by atoms with Crippen LogP contribution in [-0.4, -0.2) is 49.0 Å². The SMILES string of the molecule is COC(=O)CN1CC(OC(C)=O)CC1=O. The average molecular weight is 215 g/mol. The summed E-state index contributed by atoms with van der Waals surface area (Å²) in [6, 6.07) is 0. The van der Waals surface area contributed by atoms with Gasteiger partial charge in [-0.15, -0.1) is 0 Å². The van der Waals surface area contributed by atoms with Gasteiger partial charge in [0.05, 0.1) is 20.1 Å². The number of methoxy groups -OCH3 is 1. The summed E-state index contributed by atoms with van der Waals surface area (Å²) in [6.07, 6.45) is -0.309. The highest BCUT2D eigenvalue weighted by Crippen LogP contribution is 2.14. The highest BCUT2D eigenvalue weighted by atomic mass is 16.5. The summed E-state index contributed by atoms with van der Waals surface area (Å²) in [5, 5.41) is 0. The van der Waals surface area contributed by atoms with Crippen molar-refractivity contribution in [3.05, 3.63) is 0 Å². The lowest BCUT2D eigenvalue weighted by Gasteiger charge is -2.14. The lowest BCUT2D eigenvalue weighted by atomic mass is 10.3. The molecule has 1 saturated heterocycles. The number of carbonyl (C=O) groups is 3. The van der Waals surface area contributed by atoms with Gasteiger partial charge in [-0.1, -0.05) is 0 Å². The van der Waals surface area contributed by atoms with Crippen LogP contribution >= 0.6 is 0 Å². The van der Waals surface area contributed by atoms with Crippen LogP contribution in [0.25, 0.3) is 0 Å². The molecule has 84 valence electrons. The van der Waals surface area contributed by atoms with Crippen molar-refractivity contribution in [2.45, 2.75) is 19.4 Å². The first-order valence-corrected chi connectivity index (χ1v) is 4.54. The van der Waals surface area contributed by atoms with Crippen molar-refractivity contribution in [2.75, 3.05) is 20.2 Å². The first kappa shape index (κ1) is 11.5. The lowest BCUT2D eigenvalue weighted by molar-refractivity contribution is -0.145. The van der Waals surface area contributed by atoms with Gasteiger partial charge < -0.3 is 14.4 Å². The number of nitrogens with zero attached hydrogens (tertiary/aromatic N) is 1. The molecule has 1 aliphatic rings. The Balaban J connectivity index is 2.45. The Morgan fingerprint density at radius 3 is 2.73 bits per heavy atom. The van der Waals surface area contributed by atoms with Gasteiger partial charge in [0.1, 0.15) is 12.6 Å². The van der Waals surface area contributed by atoms with Crippen molar-refractivity contribution < 1.29 is 23.9 Å². The van der Waals surface area contributed by atoms with Crippen LogP contribution in [0, 0.1) is 0 Å². The zero-order chi connectivity index (χ0) is 11.4. The second-order valence-electron chi connectivity index (χ2n) is 3.29. The van der Waals surface area contributed by atoms with Crippen molar-refractivity contribution >= 4 is 17.8 Å². The van der Waals surface area contributed by atoms with Crippen LogP contribution in [0.4, 0.5) is 0 Å². The minimum Gasteiger partial charge on any atom is -0.468 e. The quantitative estimate of drug-likeness (QED) is 0.583. The number of rotatable bonds is 3. The second-order valence-corrected chi connectivity index (χ2v) is 3.29. The van der Waals surface area contributed by atoms with E-state index < -0.39 is 18.0 Å². The normalized spacial score (nSPS) is 20.3. The molecule has 0 aliphatic carbocycles. The average Bonchev–Trinajstić information content (AvgIpc) is 2.45. The summed E-state index contributed by atoms with van der Waals surface area (Å²) >= 11 is 0. The molecule has 6 heteroatoms. The van der Waals surface area contributed by atoms with Crippen LogP contribution in [0.1, 0.15) is 13.3 Å². The van der Waals surface area contributed by atoms with E-state index in [-0.39, 0.29) is 25.4 Å². The summed E-state index contributed by atoms with van der Waals surface area (Å²) in [7, 11) is 1.26. The van der Waals surface area contributed by atoms with Crippen molar-refractivity contribution in [2.24, 2.45) is 0 Å². The smallest absolute Gasteiger partial charge is 0.325 e. The number of hydrogen-bond acceptors (Lipinski definition) is 5. The van der Waals surface area contributed by atoms with Crippen LogP contribution in [0.2, 0.25) is 0 Å². The maximum atomic E-state index is 11.3. The third-order valence-electron chi connectivity index (χ3n) is 2.06. The number of esters is 2. The summed E-state index contributed by atoms with van der Waals surface area (Å²) in [5.41, 5.74) is 0. The van der Waals surface area contributed by atoms with Crippen LogP contribution in [0.5, 0.6) is 0 Å². The molecule has 15 heavy (non-hydrogen) atoms. The molecule has 6 nitrogen and oxygen atoms in total. The zero-order valence-electron chi connectivity index (χ0n) is 8.69. The maximum absolute atomic E-state index is 11.3. The summed E-state index contributed by atoms with van der Waals surface area (Å²) in [5.74, 6) is -1.11. The molecule has 0 saturated carbocycles. The second kappa shape index (κ2) is 4.77. The minimum absolute atomic E-state index is 0.0902. The molecule has 1 fully saturated rings.